The smallest absolute Gasteiger partial charge is 0.258 e. The summed E-state index contributed by atoms with van der Waals surface area (Å²) in [5.74, 6) is 7.40. The number of methoxy groups -OCH3 is 2. The van der Waals surface area contributed by atoms with Crippen LogP contribution in [0.4, 0.5) is 0 Å². The maximum Gasteiger partial charge on any atom is 0.258 e. The highest BCUT2D eigenvalue weighted by Gasteiger charge is 2.30. The van der Waals surface area contributed by atoms with Crippen molar-refractivity contribution in [1.82, 2.24) is 10.7 Å². The molecular weight excluding hydrogens is 640 g/mol. The number of benzene rings is 2. The molecular formula is C38H56N4O8. The van der Waals surface area contributed by atoms with E-state index >= 15 is 0 Å². The van der Waals surface area contributed by atoms with Crippen molar-refractivity contribution in [3.05, 3.63) is 58.7 Å². The SMILES string of the molecule is C=C(C)[C@H](C)Cc1c(C)ccc(C2=NOC(COc3cc(OC)c(OC)cc3C)C2)c1OCC(=O)NCC(C)(C)OCCC(C)(C)C(=O)NN. The number of nitrogens with one attached hydrogen (secondary N) is 2. The van der Waals surface area contributed by atoms with Crippen LogP contribution in [0, 0.1) is 25.2 Å². The molecule has 2 aromatic carbocycles. The summed E-state index contributed by atoms with van der Waals surface area (Å²) in [6.07, 6.45) is 1.31. The number of carbonyl (C=O) groups is 2. The molecule has 2 amide bonds. The standard InChI is InChI=1S/C38H56N4O8/c1-23(2)25(4)16-29-24(3)12-13-28(30-18-27(50-42-30)20-47-31-19-33(46-11)32(45-10)17-26(31)5)35(29)48-21-34(43)40-22-38(8,9)49-15-14-37(6,7)36(44)41-39/h12-13,17,19,25,27H,1,14-16,18,20-22,39H2,2-11H3,(H,40,43)(H,41,44)/t25-,27?/m1/s1. The van der Waals surface area contributed by atoms with E-state index in [1.165, 1.54) is 0 Å². The van der Waals surface area contributed by atoms with Crippen LogP contribution in [0.1, 0.15) is 76.6 Å². The van der Waals surface area contributed by atoms with Crippen molar-refractivity contribution in [2.75, 3.05) is 40.6 Å². The summed E-state index contributed by atoms with van der Waals surface area (Å²) in [5.41, 5.74) is 6.30. The highest BCUT2D eigenvalue weighted by molar-refractivity contribution is 6.04. The summed E-state index contributed by atoms with van der Waals surface area (Å²) in [6, 6.07) is 7.67. The van der Waals surface area contributed by atoms with Crippen molar-refractivity contribution in [1.29, 1.82) is 0 Å². The van der Waals surface area contributed by atoms with Gasteiger partial charge in [0.15, 0.2) is 24.2 Å². The maximum absolute atomic E-state index is 13.1. The first-order chi connectivity index (χ1) is 23.5. The molecule has 1 aliphatic rings. The lowest BCUT2D eigenvalue weighted by molar-refractivity contribution is -0.131. The Labute approximate surface area is 297 Å². The zero-order chi connectivity index (χ0) is 37.2. The quantitative estimate of drug-likeness (QED) is 0.0765. The molecule has 1 unspecified atom stereocenters. The third-order valence-electron chi connectivity index (χ3n) is 9.02. The first kappa shape index (κ1) is 40.1. The molecule has 0 radical (unpaired) electrons. The Bertz CT molecular complexity index is 1550. The number of ether oxygens (including phenoxy) is 5. The van der Waals surface area contributed by atoms with Crippen LogP contribution in [0.2, 0.25) is 0 Å². The molecule has 12 nitrogen and oxygen atoms in total. The zero-order valence-electron chi connectivity index (χ0n) is 31.4. The predicted molar refractivity (Wildman–Crippen MR) is 194 cm³/mol. The first-order valence-corrected chi connectivity index (χ1v) is 16.9. The molecule has 0 bridgehead atoms. The summed E-state index contributed by atoms with van der Waals surface area (Å²) in [4.78, 5) is 30.9. The number of rotatable bonds is 19. The number of aryl methyl sites for hydroxylation is 2. The number of oxime groups is 1. The molecule has 1 aliphatic heterocycles. The van der Waals surface area contributed by atoms with Crippen molar-refractivity contribution < 1.29 is 38.1 Å². The molecule has 3 rings (SSSR count). The van der Waals surface area contributed by atoms with Gasteiger partial charge >= 0.3 is 0 Å². The number of hydrazine groups is 1. The highest BCUT2D eigenvalue weighted by Crippen LogP contribution is 2.36. The third kappa shape index (κ3) is 10.9. The fraction of sp³-hybridized carbons (Fsp3) is 0.553. The van der Waals surface area contributed by atoms with Gasteiger partial charge in [0.2, 0.25) is 5.91 Å². The number of nitrogens with zero attached hydrogens (tertiary/aromatic N) is 1. The van der Waals surface area contributed by atoms with Gasteiger partial charge in [-0.05, 0) is 82.2 Å². The van der Waals surface area contributed by atoms with E-state index in [2.05, 4.69) is 29.4 Å². The monoisotopic (exact) mass is 696 g/mol. The van der Waals surface area contributed by atoms with E-state index in [0.29, 0.717) is 54.6 Å². The van der Waals surface area contributed by atoms with Gasteiger partial charge in [-0.1, -0.05) is 44.1 Å². The minimum absolute atomic E-state index is 0.187. The van der Waals surface area contributed by atoms with Crippen molar-refractivity contribution in [3.63, 3.8) is 0 Å². The van der Waals surface area contributed by atoms with E-state index < -0.39 is 11.0 Å². The molecule has 0 aliphatic carbocycles. The summed E-state index contributed by atoms with van der Waals surface area (Å²) in [6.45, 7) is 20.2. The van der Waals surface area contributed by atoms with Crippen LogP contribution in [-0.4, -0.2) is 69.8 Å². The summed E-state index contributed by atoms with van der Waals surface area (Å²) >= 11 is 0. The van der Waals surface area contributed by atoms with E-state index in [4.69, 9.17) is 34.4 Å². The number of nitrogens with two attached hydrogens (primary N) is 1. The van der Waals surface area contributed by atoms with Crippen LogP contribution in [0.5, 0.6) is 23.0 Å². The van der Waals surface area contributed by atoms with Gasteiger partial charge in [-0.2, -0.15) is 0 Å². The lowest BCUT2D eigenvalue weighted by atomic mass is 9.89. The van der Waals surface area contributed by atoms with Crippen LogP contribution in [0.15, 0.2) is 41.6 Å². The van der Waals surface area contributed by atoms with Gasteiger partial charge in [-0.3, -0.25) is 15.0 Å². The van der Waals surface area contributed by atoms with Crippen molar-refractivity contribution in [2.45, 2.75) is 86.4 Å². The zero-order valence-corrected chi connectivity index (χ0v) is 31.4. The predicted octanol–water partition coefficient (Wildman–Crippen LogP) is 5.34. The van der Waals surface area contributed by atoms with E-state index in [0.717, 1.165) is 27.8 Å². The molecule has 0 spiro atoms. The second-order valence-corrected chi connectivity index (χ2v) is 14.2. The number of carbonyl (C=O) groups excluding carboxylic acids is 2. The second kappa shape index (κ2) is 17.6. The van der Waals surface area contributed by atoms with Gasteiger partial charge in [0, 0.05) is 36.6 Å². The van der Waals surface area contributed by atoms with Gasteiger partial charge < -0.3 is 33.8 Å². The topological polar surface area (TPSA) is 152 Å². The number of hydrogen-bond acceptors (Lipinski definition) is 10. The molecule has 4 N–H and O–H groups in total. The second-order valence-electron chi connectivity index (χ2n) is 14.2. The van der Waals surface area contributed by atoms with Crippen molar-refractivity contribution in [3.8, 4) is 23.0 Å². The number of hydrogen-bond donors (Lipinski definition) is 3. The average Bonchev–Trinajstić information content (AvgIpc) is 3.54. The fourth-order valence-corrected chi connectivity index (χ4v) is 5.27. The number of amides is 2. The Morgan fingerprint density at radius 2 is 1.74 bits per heavy atom. The lowest BCUT2D eigenvalue weighted by Gasteiger charge is -2.28. The van der Waals surface area contributed by atoms with Gasteiger partial charge in [0.25, 0.3) is 5.91 Å². The molecule has 1 heterocycles. The van der Waals surface area contributed by atoms with Gasteiger partial charge in [0.1, 0.15) is 18.1 Å². The molecule has 276 valence electrons. The van der Waals surface area contributed by atoms with Crippen molar-refractivity contribution >= 4 is 17.5 Å². The third-order valence-corrected chi connectivity index (χ3v) is 9.02. The molecule has 0 saturated heterocycles. The summed E-state index contributed by atoms with van der Waals surface area (Å²) in [7, 11) is 3.18. The first-order valence-electron chi connectivity index (χ1n) is 16.9. The van der Waals surface area contributed by atoms with E-state index in [1.54, 1.807) is 34.1 Å². The normalized spacial score (nSPS) is 15.0. The van der Waals surface area contributed by atoms with Crippen LogP contribution in [0.3, 0.4) is 0 Å². The average molecular weight is 697 g/mol. The van der Waals surface area contributed by atoms with Gasteiger partial charge in [-0.25, -0.2) is 5.84 Å². The lowest BCUT2D eigenvalue weighted by Crippen LogP contribution is -2.44. The number of allylic oxidation sites excluding steroid dienone is 1. The van der Waals surface area contributed by atoms with Crippen LogP contribution >= 0.6 is 0 Å². The van der Waals surface area contributed by atoms with Gasteiger partial charge in [-0.15, -0.1) is 0 Å². The minimum atomic E-state index is -0.682. The van der Waals surface area contributed by atoms with Gasteiger partial charge in [0.05, 0.1) is 25.5 Å². The van der Waals surface area contributed by atoms with Crippen LogP contribution in [0.25, 0.3) is 0 Å². The highest BCUT2D eigenvalue weighted by atomic mass is 16.7. The summed E-state index contributed by atoms with van der Waals surface area (Å²) < 4.78 is 29.3. The summed E-state index contributed by atoms with van der Waals surface area (Å²) in [5, 5.41) is 7.36. The Morgan fingerprint density at radius 1 is 1.06 bits per heavy atom. The van der Waals surface area contributed by atoms with Crippen LogP contribution < -0.4 is 35.5 Å². The Hall–Kier alpha value is -4.29. The Kier molecular flexibility index (Phi) is 14.1. The minimum Gasteiger partial charge on any atom is -0.493 e. The molecule has 2 aromatic rings. The maximum atomic E-state index is 13.1. The largest absolute Gasteiger partial charge is 0.493 e. The molecule has 0 saturated carbocycles. The van der Waals surface area contributed by atoms with E-state index in [9.17, 15) is 9.59 Å². The Morgan fingerprint density at radius 3 is 2.38 bits per heavy atom. The molecule has 2 atom stereocenters. The van der Waals surface area contributed by atoms with Crippen molar-refractivity contribution in [2.24, 2.45) is 22.3 Å². The molecule has 50 heavy (non-hydrogen) atoms. The van der Waals surface area contributed by atoms with E-state index in [1.807, 2.05) is 52.8 Å². The molecule has 0 aromatic heterocycles. The molecule has 12 heteroatoms. The molecule has 0 fully saturated rings. The Balaban J connectivity index is 1.70. The van der Waals surface area contributed by atoms with E-state index in [-0.39, 0.29) is 43.6 Å². The van der Waals surface area contributed by atoms with Crippen LogP contribution in [-0.2, 0) is 25.6 Å². The fourth-order valence-electron chi connectivity index (χ4n) is 5.27.